The van der Waals surface area contributed by atoms with Crippen molar-refractivity contribution in [2.75, 3.05) is 46.2 Å². The van der Waals surface area contributed by atoms with E-state index in [0.717, 1.165) is 12.8 Å². The molecule has 7 nitrogen and oxygen atoms in total. The highest BCUT2D eigenvalue weighted by molar-refractivity contribution is 5.75. The van der Waals surface area contributed by atoms with Gasteiger partial charge in [0.05, 0.1) is 46.1 Å². The van der Waals surface area contributed by atoms with Gasteiger partial charge in [0, 0.05) is 19.0 Å². The van der Waals surface area contributed by atoms with Crippen LogP contribution in [0.4, 0.5) is 17.6 Å². The molecular weight excluding hydrogens is 606 g/mol. The first-order chi connectivity index (χ1) is 22.4. The molecule has 0 aliphatic heterocycles. The van der Waals surface area contributed by atoms with Crippen molar-refractivity contribution < 1.29 is 46.1 Å². The van der Waals surface area contributed by atoms with Gasteiger partial charge in [0.2, 0.25) is 23.3 Å². The third kappa shape index (κ3) is 22.3. The van der Waals surface area contributed by atoms with Crippen LogP contribution in [0.2, 0.25) is 0 Å². The summed E-state index contributed by atoms with van der Waals surface area (Å²) in [5.41, 5.74) is 0. The second-order valence-corrected chi connectivity index (χ2v) is 11.6. The molecule has 1 rings (SSSR count). The Balaban J connectivity index is 1.80. The zero-order chi connectivity index (χ0) is 33.7. The van der Waals surface area contributed by atoms with E-state index in [1.54, 1.807) is 0 Å². The molecule has 0 spiro atoms. The highest BCUT2D eigenvalue weighted by atomic mass is 19.2. The number of hydrogen-bond acceptors (Lipinski definition) is 6. The van der Waals surface area contributed by atoms with Crippen LogP contribution in [0.25, 0.3) is 0 Å². The van der Waals surface area contributed by atoms with Crippen molar-refractivity contribution in [1.82, 2.24) is 5.32 Å². The maximum absolute atomic E-state index is 13.5. The van der Waals surface area contributed by atoms with Crippen LogP contribution >= 0.6 is 0 Å². The van der Waals surface area contributed by atoms with E-state index in [4.69, 9.17) is 14.2 Å². The SMILES string of the molecule is CCCCCCCCCCCCCCCCCCCC(=O)NCCOCCOCCOCCC(=O)Oc1c(F)c(F)cc(F)c1F. The standard InChI is InChI=1S/C35H57F4NO6/c1-2-3-4-5-6-7-8-9-10-11-12-13-14-15-16-17-18-19-31(41)40-21-23-44-25-27-45-26-24-43-22-20-32(42)46-35-33(38)29(36)28-30(37)34(35)39/h28H,2-27H2,1H3,(H,40,41). The third-order valence-corrected chi connectivity index (χ3v) is 7.56. The van der Waals surface area contributed by atoms with Crippen molar-refractivity contribution in [3.8, 4) is 5.75 Å². The summed E-state index contributed by atoms with van der Waals surface area (Å²) in [6, 6.07) is 0.0254. The lowest BCUT2D eigenvalue weighted by Crippen LogP contribution is -2.27. The molecule has 0 saturated carbocycles. The Morgan fingerprint density at radius 3 is 1.46 bits per heavy atom. The van der Waals surface area contributed by atoms with Crippen LogP contribution in [0.5, 0.6) is 5.75 Å². The molecule has 0 fully saturated rings. The normalized spacial score (nSPS) is 11.2. The lowest BCUT2D eigenvalue weighted by atomic mass is 10.0. The Hall–Kier alpha value is -2.24. The van der Waals surface area contributed by atoms with Crippen LogP contribution < -0.4 is 10.1 Å². The second-order valence-electron chi connectivity index (χ2n) is 11.6. The van der Waals surface area contributed by atoms with Gasteiger partial charge in [-0.3, -0.25) is 9.59 Å². The van der Waals surface area contributed by atoms with Crippen LogP contribution in [0, 0.1) is 23.3 Å². The van der Waals surface area contributed by atoms with E-state index < -0.39 is 35.0 Å². The summed E-state index contributed by atoms with van der Waals surface area (Å²) < 4.78 is 73.7. The lowest BCUT2D eigenvalue weighted by Gasteiger charge is -2.09. The minimum absolute atomic E-state index is 0.0254. The first-order valence-corrected chi connectivity index (χ1v) is 17.4. The van der Waals surface area contributed by atoms with Gasteiger partial charge in [-0.25, -0.2) is 8.78 Å². The minimum atomic E-state index is -1.79. The van der Waals surface area contributed by atoms with Gasteiger partial charge in [-0.1, -0.05) is 110 Å². The Labute approximate surface area is 273 Å². The molecule has 0 aliphatic rings. The van der Waals surface area contributed by atoms with Crippen LogP contribution in [0.3, 0.4) is 0 Å². The van der Waals surface area contributed by atoms with E-state index in [1.807, 2.05) is 0 Å². The van der Waals surface area contributed by atoms with E-state index in [2.05, 4.69) is 17.0 Å². The van der Waals surface area contributed by atoms with Gasteiger partial charge in [-0.05, 0) is 6.42 Å². The van der Waals surface area contributed by atoms with Gasteiger partial charge in [0.15, 0.2) is 11.6 Å². The number of ether oxygens (including phenoxy) is 4. The maximum Gasteiger partial charge on any atom is 0.313 e. The fourth-order valence-electron chi connectivity index (χ4n) is 4.86. The summed E-state index contributed by atoms with van der Waals surface area (Å²) in [5.74, 6) is -9.39. The summed E-state index contributed by atoms with van der Waals surface area (Å²) in [5, 5.41) is 2.86. The first kappa shape index (κ1) is 41.8. The largest absolute Gasteiger partial charge is 0.420 e. The Bertz CT molecular complexity index is 911. The van der Waals surface area contributed by atoms with Gasteiger partial charge >= 0.3 is 5.97 Å². The first-order valence-electron chi connectivity index (χ1n) is 17.4. The number of carbonyl (C=O) groups is 2. The van der Waals surface area contributed by atoms with Crippen LogP contribution in [-0.2, 0) is 23.8 Å². The molecule has 1 N–H and O–H groups in total. The summed E-state index contributed by atoms with van der Waals surface area (Å²) in [6.45, 7) is 3.94. The molecule has 46 heavy (non-hydrogen) atoms. The summed E-state index contributed by atoms with van der Waals surface area (Å²) >= 11 is 0. The third-order valence-electron chi connectivity index (χ3n) is 7.56. The van der Waals surface area contributed by atoms with E-state index in [9.17, 15) is 27.2 Å². The zero-order valence-electron chi connectivity index (χ0n) is 27.9. The monoisotopic (exact) mass is 663 g/mol. The molecule has 0 aromatic heterocycles. The average molecular weight is 664 g/mol. The second kappa shape index (κ2) is 28.9. The summed E-state index contributed by atoms with van der Waals surface area (Å²) in [7, 11) is 0. The molecule has 0 radical (unpaired) electrons. The molecule has 0 atom stereocenters. The van der Waals surface area contributed by atoms with Crippen LogP contribution in [0.1, 0.15) is 129 Å². The van der Waals surface area contributed by atoms with Gasteiger partial charge < -0.3 is 24.3 Å². The number of amides is 1. The van der Waals surface area contributed by atoms with Crippen molar-refractivity contribution in [2.45, 2.75) is 129 Å². The predicted octanol–water partition coefficient (Wildman–Crippen LogP) is 8.75. The Morgan fingerprint density at radius 1 is 0.565 bits per heavy atom. The van der Waals surface area contributed by atoms with Crippen LogP contribution in [-0.4, -0.2) is 58.1 Å². The number of benzene rings is 1. The summed E-state index contributed by atoms with van der Waals surface area (Å²) in [4.78, 5) is 23.6. The molecule has 1 aromatic carbocycles. The Morgan fingerprint density at radius 2 is 0.978 bits per heavy atom. The number of carbonyl (C=O) groups excluding carboxylic acids is 2. The topological polar surface area (TPSA) is 83.1 Å². The van der Waals surface area contributed by atoms with E-state index in [-0.39, 0.29) is 38.2 Å². The van der Waals surface area contributed by atoms with E-state index in [1.165, 1.54) is 96.3 Å². The van der Waals surface area contributed by atoms with Crippen molar-refractivity contribution >= 4 is 11.9 Å². The molecule has 266 valence electrons. The highest BCUT2D eigenvalue weighted by Crippen LogP contribution is 2.26. The lowest BCUT2D eigenvalue weighted by molar-refractivity contribution is -0.136. The quantitative estimate of drug-likeness (QED) is 0.0281. The molecule has 0 saturated heterocycles. The van der Waals surface area contributed by atoms with E-state index >= 15 is 0 Å². The fourth-order valence-corrected chi connectivity index (χ4v) is 4.86. The molecule has 0 heterocycles. The molecule has 0 unspecified atom stereocenters. The molecular formula is C35H57F4NO6. The fraction of sp³-hybridized carbons (Fsp3) is 0.771. The Kier molecular flexibility index (Phi) is 26.3. The smallest absolute Gasteiger partial charge is 0.313 e. The van der Waals surface area contributed by atoms with Crippen molar-refractivity contribution in [3.05, 3.63) is 29.3 Å². The van der Waals surface area contributed by atoms with Gasteiger partial charge in [-0.2, -0.15) is 8.78 Å². The molecule has 1 amide bonds. The number of esters is 1. The minimum Gasteiger partial charge on any atom is -0.420 e. The highest BCUT2D eigenvalue weighted by Gasteiger charge is 2.22. The number of hydrogen-bond donors (Lipinski definition) is 1. The summed E-state index contributed by atoms with van der Waals surface area (Å²) in [6.07, 6.45) is 22.5. The van der Waals surface area contributed by atoms with Gasteiger partial charge in [0.1, 0.15) is 0 Å². The van der Waals surface area contributed by atoms with Crippen LogP contribution in [0.15, 0.2) is 6.07 Å². The number of halogens is 4. The molecule has 0 bridgehead atoms. The van der Waals surface area contributed by atoms with Gasteiger partial charge in [0.25, 0.3) is 0 Å². The van der Waals surface area contributed by atoms with Crippen molar-refractivity contribution in [1.29, 1.82) is 0 Å². The molecule has 0 aliphatic carbocycles. The van der Waals surface area contributed by atoms with E-state index in [0.29, 0.717) is 32.8 Å². The average Bonchev–Trinajstić information content (AvgIpc) is 3.04. The van der Waals surface area contributed by atoms with Crippen molar-refractivity contribution in [3.63, 3.8) is 0 Å². The number of unbranched alkanes of at least 4 members (excludes halogenated alkanes) is 16. The number of rotatable bonds is 31. The van der Waals surface area contributed by atoms with Gasteiger partial charge in [-0.15, -0.1) is 0 Å². The zero-order valence-corrected chi connectivity index (χ0v) is 27.9. The molecule has 1 aromatic rings. The van der Waals surface area contributed by atoms with Crippen molar-refractivity contribution in [2.24, 2.45) is 0 Å². The number of nitrogens with one attached hydrogen (secondary N) is 1. The molecule has 11 heteroatoms. The predicted molar refractivity (Wildman–Crippen MR) is 171 cm³/mol. The maximum atomic E-state index is 13.5.